The molecule has 0 nitrogen and oxygen atoms in total. The smallest absolute Gasteiger partial charge is 0.0388 e. The third-order valence-electron chi connectivity index (χ3n) is 6.75. The molecule has 0 saturated carbocycles. The first-order valence-corrected chi connectivity index (χ1v) is 10.7. The van der Waals surface area contributed by atoms with Crippen molar-refractivity contribution >= 4 is 0 Å². The lowest BCUT2D eigenvalue weighted by atomic mass is 9.77. The van der Waals surface area contributed by atoms with Gasteiger partial charge in [0.25, 0.3) is 0 Å². The molecule has 0 saturated heterocycles. The predicted molar refractivity (Wildman–Crippen MR) is 108 cm³/mol. The monoisotopic (exact) mass is 324 g/mol. The first kappa shape index (κ1) is 23.0. The van der Waals surface area contributed by atoms with Crippen LogP contribution in [-0.4, -0.2) is 0 Å². The van der Waals surface area contributed by atoms with E-state index in [2.05, 4.69) is 62.3 Å². The van der Waals surface area contributed by atoms with Crippen LogP contribution in [0.1, 0.15) is 107 Å². The van der Waals surface area contributed by atoms with Crippen molar-refractivity contribution < 1.29 is 0 Å². The van der Waals surface area contributed by atoms with Gasteiger partial charge in [-0.2, -0.15) is 0 Å². The minimum atomic E-state index is 0.830. The molecule has 0 aromatic heterocycles. The maximum absolute atomic E-state index is 2.51. The first-order chi connectivity index (χ1) is 10.7. The second-order valence-corrected chi connectivity index (χ2v) is 9.26. The molecule has 23 heavy (non-hydrogen) atoms. The summed E-state index contributed by atoms with van der Waals surface area (Å²) in [5.41, 5.74) is 0. The molecule has 0 aromatic carbocycles. The van der Waals surface area contributed by atoms with Crippen molar-refractivity contribution in [2.75, 3.05) is 0 Å². The molecule has 0 N–H and O–H groups in total. The molecule has 0 aromatic rings. The van der Waals surface area contributed by atoms with Crippen molar-refractivity contribution in [2.24, 2.45) is 41.4 Å². The van der Waals surface area contributed by atoms with E-state index in [1.807, 2.05) is 0 Å². The fourth-order valence-electron chi connectivity index (χ4n) is 4.06. The zero-order chi connectivity index (χ0) is 18.0. The van der Waals surface area contributed by atoms with Gasteiger partial charge in [-0.25, -0.2) is 0 Å². The van der Waals surface area contributed by atoms with Crippen LogP contribution in [0, 0.1) is 41.4 Å². The molecule has 0 rings (SSSR count). The summed E-state index contributed by atoms with van der Waals surface area (Å²) in [6, 6.07) is 0. The molecule has 0 bridgehead atoms. The zero-order valence-corrected chi connectivity index (χ0v) is 18.0. The molecular formula is C23H48. The van der Waals surface area contributed by atoms with Gasteiger partial charge < -0.3 is 0 Å². The van der Waals surface area contributed by atoms with Gasteiger partial charge in [0.1, 0.15) is 0 Å². The van der Waals surface area contributed by atoms with Crippen molar-refractivity contribution in [1.29, 1.82) is 0 Å². The van der Waals surface area contributed by atoms with E-state index >= 15 is 0 Å². The second kappa shape index (κ2) is 12.4. The quantitative estimate of drug-likeness (QED) is 0.320. The van der Waals surface area contributed by atoms with Crippen LogP contribution in [0.2, 0.25) is 0 Å². The van der Waals surface area contributed by atoms with Crippen LogP contribution in [0.3, 0.4) is 0 Å². The van der Waals surface area contributed by atoms with Gasteiger partial charge in [-0.3, -0.25) is 0 Å². The lowest BCUT2D eigenvalue weighted by Crippen LogP contribution is -2.18. The summed E-state index contributed by atoms with van der Waals surface area (Å²) in [5.74, 6) is 6.21. The molecule has 6 unspecified atom stereocenters. The molecule has 0 heteroatoms. The molecule has 0 aliphatic rings. The largest absolute Gasteiger partial charge is 0.0654 e. The molecule has 0 heterocycles. The number of rotatable bonds is 13. The highest BCUT2D eigenvalue weighted by atomic mass is 14.3. The summed E-state index contributed by atoms with van der Waals surface area (Å²) in [4.78, 5) is 0. The van der Waals surface area contributed by atoms with E-state index in [4.69, 9.17) is 0 Å². The van der Waals surface area contributed by atoms with Crippen LogP contribution >= 0.6 is 0 Å². The van der Waals surface area contributed by atoms with E-state index < -0.39 is 0 Å². The highest BCUT2D eigenvalue weighted by Crippen LogP contribution is 2.32. The molecule has 0 spiro atoms. The fourth-order valence-corrected chi connectivity index (χ4v) is 4.06. The normalized spacial score (nSPS) is 20.1. The summed E-state index contributed by atoms with van der Waals surface area (Å²) in [5, 5.41) is 0. The Balaban J connectivity index is 4.20. The number of hydrogen-bond acceptors (Lipinski definition) is 0. The van der Waals surface area contributed by atoms with E-state index in [9.17, 15) is 0 Å². The zero-order valence-electron chi connectivity index (χ0n) is 18.0. The van der Waals surface area contributed by atoms with Gasteiger partial charge in [0.15, 0.2) is 0 Å². The van der Waals surface area contributed by atoms with Crippen LogP contribution < -0.4 is 0 Å². The Bertz CT molecular complexity index is 267. The Kier molecular flexibility index (Phi) is 12.4. The molecule has 6 atom stereocenters. The van der Waals surface area contributed by atoms with Crippen molar-refractivity contribution in [3.63, 3.8) is 0 Å². The van der Waals surface area contributed by atoms with Gasteiger partial charge in [0, 0.05) is 0 Å². The minimum Gasteiger partial charge on any atom is -0.0654 e. The van der Waals surface area contributed by atoms with Gasteiger partial charge in [0.2, 0.25) is 0 Å². The second-order valence-electron chi connectivity index (χ2n) is 9.26. The van der Waals surface area contributed by atoms with Gasteiger partial charge in [0.05, 0.1) is 0 Å². The predicted octanol–water partition coefficient (Wildman–Crippen LogP) is 8.21. The van der Waals surface area contributed by atoms with Gasteiger partial charge in [-0.05, 0) is 54.3 Å². The van der Waals surface area contributed by atoms with Gasteiger partial charge in [-0.1, -0.05) is 94.4 Å². The molecule has 0 aliphatic carbocycles. The van der Waals surface area contributed by atoms with E-state index in [0.717, 1.165) is 41.4 Å². The van der Waals surface area contributed by atoms with Crippen molar-refractivity contribution in [2.45, 2.75) is 107 Å². The summed E-state index contributed by atoms with van der Waals surface area (Å²) in [6.07, 6.45) is 9.80. The van der Waals surface area contributed by atoms with Crippen molar-refractivity contribution in [1.82, 2.24) is 0 Å². The topological polar surface area (TPSA) is 0 Å². The summed E-state index contributed by atoms with van der Waals surface area (Å²) >= 11 is 0. The average molecular weight is 325 g/mol. The van der Waals surface area contributed by atoms with Crippen molar-refractivity contribution in [3.05, 3.63) is 0 Å². The fraction of sp³-hybridized carbons (Fsp3) is 1.00. The molecular weight excluding hydrogens is 276 g/mol. The summed E-state index contributed by atoms with van der Waals surface area (Å²) in [6.45, 7) is 21.8. The highest BCUT2D eigenvalue weighted by Gasteiger charge is 2.21. The maximum Gasteiger partial charge on any atom is -0.0388 e. The van der Waals surface area contributed by atoms with Crippen molar-refractivity contribution in [3.8, 4) is 0 Å². The SMILES string of the molecule is CCCC(C)C(C)CC(C)CCC(C)C(CC)CC(C)C(C)C. The van der Waals surface area contributed by atoms with Gasteiger partial charge in [-0.15, -0.1) is 0 Å². The highest BCUT2D eigenvalue weighted by molar-refractivity contribution is 4.72. The average Bonchev–Trinajstić information content (AvgIpc) is 2.49. The molecule has 0 aliphatic heterocycles. The van der Waals surface area contributed by atoms with Crippen LogP contribution in [0.15, 0.2) is 0 Å². The first-order valence-electron chi connectivity index (χ1n) is 10.7. The molecule has 0 fully saturated rings. The molecule has 0 radical (unpaired) electrons. The van der Waals surface area contributed by atoms with Crippen LogP contribution in [0.4, 0.5) is 0 Å². The molecule has 0 amide bonds. The lowest BCUT2D eigenvalue weighted by molar-refractivity contribution is 0.220. The molecule has 140 valence electrons. The Morgan fingerprint density at radius 3 is 1.65 bits per heavy atom. The maximum atomic E-state index is 2.51. The van der Waals surface area contributed by atoms with Crippen LogP contribution in [0.25, 0.3) is 0 Å². The Labute approximate surface area is 149 Å². The lowest BCUT2D eigenvalue weighted by Gasteiger charge is -2.29. The Morgan fingerprint density at radius 2 is 1.17 bits per heavy atom. The summed E-state index contributed by atoms with van der Waals surface area (Å²) in [7, 11) is 0. The third-order valence-corrected chi connectivity index (χ3v) is 6.75. The van der Waals surface area contributed by atoms with Gasteiger partial charge >= 0.3 is 0 Å². The number of hydrogen-bond donors (Lipinski definition) is 0. The third kappa shape index (κ3) is 9.78. The van der Waals surface area contributed by atoms with Crippen LogP contribution in [-0.2, 0) is 0 Å². The minimum absolute atomic E-state index is 0.830. The van der Waals surface area contributed by atoms with E-state index in [1.165, 1.54) is 44.9 Å². The van der Waals surface area contributed by atoms with E-state index in [-0.39, 0.29) is 0 Å². The summed E-state index contributed by atoms with van der Waals surface area (Å²) < 4.78 is 0. The standard InChI is InChI=1S/C23H48/c1-10-12-19(6)22(9)15-18(5)13-14-20(7)23(11-2)16-21(8)17(3)4/h17-23H,10-16H2,1-9H3. The van der Waals surface area contributed by atoms with E-state index in [0.29, 0.717) is 0 Å². The van der Waals surface area contributed by atoms with Crippen LogP contribution in [0.5, 0.6) is 0 Å². The Morgan fingerprint density at radius 1 is 0.565 bits per heavy atom. The van der Waals surface area contributed by atoms with E-state index in [1.54, 1.807) is 0 Å². The Hall–Kier alpha value is 0.